The van der Waals surface area contributed by atoms with Crippen LogP contribution in [0.3, 0.4) is 0 Å². The van der Waals surface area contributed by atoms with Crippen LogP contribution in [0.2, 0.25) is 0 Å². The number of amides is 2. The Morgan fingerprint density at radius 2 is 1.95 bits per heavy atom. The van der Waals surface area contributed by atoms with Gasteiger partial charge in [-0.25, -0.2) is 4.79 Å². The molecule has 108 valence electrons. The van der Waals surface area contributed by atoms with E-state index in [1.165, 1.54) is 0 Å². The number of nitrogens with zero attached hydrogens (tertiary/aromatic N) is 2. The highest BCUT2D eigenvalue weighted by atomic mass is 16.4. The molecule has 0 aromatic carbocycles. The number of hydrogen-bond acceptors (Lipinski definition) is 2. The molecule has 2 rings (SSSR count). The van der Waals surface area contributed by atoms with Crippen LogP contribution in [0.15, 0.2) is 0 Å². The number of carboxylic acids is 1. The van der Waals surface area contributed by atoms with Crippen LogP contribution < -0.4 is 0 Å². The number of rotatable bonds is 5. The molecule has 19 heavy (non-hydrogen) atoms. The Labute approximate surface area is 114 Å². The number of aliphatic carboxylic acids is 1. The number of carbonyl (C=O) groups excluding carboxylic acids is 1. The SMILES string of the molecule is CCCCN1CCN(C2CCC(C(=O)O)CC2)C1=O. The van der Waals surface area contributed by atoms with Crippen molar-refractivity contribution in [3.05, 3.63) is 0 Å². The number of carbonyl (C=O) groups is 2. The van der Waals surface area contributed by atoms with Crippen LogP contribution in [0.4, 0.5) is 4.79 Å². The molecule has 1 saturated heterocycles. The predicted octanol–water partition coefficient (Wildman–Crippen LogP) is 2.17. The molecule has 1 heterocycles. The second-order valence-electron chi connectivity index (χ2n) is 5.66. The standard InChI is InChI=1S/C14H24N2O3/c1-2-3-8-15-9-10-16(14(15)19)12-6-4-11(5-7-12)13(17)18/h11-12H,2-10H2,1H3,(H,17,18). The normalized spacial score (nSPS) is 27.9. The van der Waals surface area contributed by atoms with E-state index in [4.69, 9.17) is 5.11 Å². The molecule has 1 aliphatic carbocycles. The third kappa shape index (κ3) is 3.19. The molecule has 1 N–H and O–H groups in total. The van der Waals surface area contributed by atoms with Crippen molar-refractivity contribution in [2.75, 3.05) is 19.6 Å². The Balaban J connectivity index is 1.84. The lowest BCUT2D eigenvalue weighted by Gasteiger charge is -2.33. The van der Waals surface area contributed by atoms with Crippen molar-refractivity contribution in [1.29, 1.82) is 0 Å². The van der Waals surface area contributed by atoms with Gasteiger partial charge in [0.1, 0.15) is 0 Å². The van der Waals surface area contributed by atoms with Gasteiger partial charge in [0.15, 0.2) is 0 Å². The number of urea groups is 1. The maximum atomic E-state index is 12.3. The zero-order valence-corrected chi connectivity index (χ0v) is 11.7. The van der Waals surface area contributed by atoms with E-state index in [9.17, 15) is 9.59 Å². The van der Waals surface area contributed by atoms with Crippen LogP contribution in [0, 0.1) is 5.92 Å². The molecule has 5 nitrogen and oxygen atoms in total. The topological polar surface area (TPSA) is 60.9 Å². The van der Waals surface area contributed by atoms with Gasteiger partial charge in [-0.05, 0) is 32.1 Å². The van der Waals surface area contributed by atoms with E-state index < -0.39 is 5.97 Å². The summed E-state index contributed by atoms with van der Waals surface area (Å²) in [6.45, 7) is 4.63. The van der Waals surface area contributed by atoms with E-state index in [1.54, 1.807) is 0 Å². The van der Waals surface area contributed by atoms with E-state index in [0.29, 0.717) is 12.8 Å². The van der Waals surface area contributed by atoms with Crippen molar-refractivity contribution < 1.29 is 14.7 Å². The van der Waals surface area contributed by atoms with Gasteiger partial charge in [0.05, 0.1) is 5.92 Å². The summed E-state index contributed by atoms with van der Waals surface area (Å²) in [4.78, 5) is 27.1. The average molecular weight is 268 g/mol. The summed E-state index contributed by atoms with van der Waals surface area (Å²) in [7, 11) is 0. The van der Waals surface area contributed by atoms with E-state index in [2.05, 4.69) is 6.92 Å². The molecule has 1 saturated carbocycles. The Hall–Kier alpha value is -1.26. The van der Waals surface area contributed by atoms with E-state index >= 15 is 0 Å². The third-order valence-electron chi connectivity index (χ3n) is 4.40. The Morgan fingerprint density at radius 3 is 2.53 bits per heavy atom. The van der Waals surface area contributed by atoms with Crippen LogP contribution in [0.1, 0.15) is 45.4 Å². The lowest BCUT2D eigenvalue weighted by Crippen LogP contribution is -2.42. The molecule has 5 heteroatoms. The van der Waals surface area contributed by atoms with Gasteiger partial charge in [0.25, 0.3) is 0 Å². The molecule has 0 atom stereocenters. The highest BCUT2D eigenvalue weighted by molar-refractivity contribution is 5.77. The molecule has 2 amide bonds. The molecular formula is C14H24N2O3. The van der Waals surface area contributed by atoms with Crippen LogP contribution in [0.5, 0.6) is 0 Å². The third-order valence-corrected chi connectivity index (χ3v) is 4.40. The summed E-state index contributed by atoms with van der Waals surface area (Å²) in [5, 5.41) is 8.99. The summed E-state index contributed by atoms with van der Waals surface area (Å²) in [5.41, 5.74) is 0. The van der Waals surface area contributed by atoms with E-state index in [1.807, 2.05) is 9.80 Å². The first-order valence-corrected chi connectivity index (χ1v) is 7.41. The Bertz CT molecular complexity index is 338. The monoisotopic (exact) mass is 268 g/mol. The first-order valence-electron chi connectivity index (χ1n) is 7.41. The predicted molar refractivity (Wildman–Crippen MR) is 72.0 cm³/mol. The van der Waals surface area contributed by atoms with Crippen molar-refractivity contribution >= 4 is 12.0 Å². The zero-order chi connectivity index (χ0) is 13.8. The van der Waals surface area contributed by atoms with Crippen molar-refractivity contribution in [3.63, 3.8) is 0 Å². The van der Waals surface area contributed by atoms with Gasteiger partial charge in [-0.15, -0.1) is 0 Å². The Kier molecular flexibility index (Phi) is 4.66. The molecule has 2 fully saturated rings. The van der Waals surface area contributed by atoms with Gasteiger partial charge in [-0.3, -0.25) is 4.79 Å². The molecule has 1 aliphatic heterocycles. The van der Waals surface area contributed by atoms with Crippen molar-refractivity contribution in [2.45, 2.75) is 51.5 Å². The minimum atomic E-state index is -0.684. The quantitative estimate of drug-likeness (QED) is 0.831. The molecule has 0 unspecified atom stereocenters. The van der Waals surface area contributed by atoms with Crippen molar-refractivity contribution in [3.8, 4) is 0 Å². The molecule has 0 radical (unpaired) electrons. The van der Waals surface area contributed by atoms with Crippen molar-refractivity contribution in [1.82, 2.24) is 9.80 Å². The van der Waals surface area contributed by atoms with Gasteiger partial charge in [-0.1, -0.05) is 13.3 Å². The second kappa shape index (κ2) is 6.26. The van der Waals surface area contributed by atoms with Gasteiger partial charge in [0.2, 0.25) is 0 Å². The van der Waals surface area contributed by atoms with E-state index in [-0.39, 0.29) is 18.0 Å². The molecule has 2 aliphatic rings. The highest BCUT2D eigenvalue weighted by Crippen LogP contribution is 2.29. The maximum absolute atomic E-state index is 12.3. The highest BCUT2D eigenvalue weighted by Gasteiger charge is 2.36. The second-order valence-corrected chi connectivity index (χ2v) is 5.66. The number of unbranched alkanes of at least 4 members (excludes halogenated alkanes) is 1. The summed E-state index contributed by atoms with van der Waals surface area (Å²) in [6.07, 6.45) is 5.25. The van der Waals surface area contributed by atoms with Crippen LogP contribution in [-0.2, 0) is 4.79 Å². The van der Waals surface area contributed by atoms with Gasteiger partial charge >= 0.3 is 12.0 Å². The van der Waals surface area contributed by atoms with Crippen LogP contribution in [-0.4, -0.2) is 52.6 Å². The average Bonchev–Trinajstić information content (AvgIpc) is 2.78. The van der Waals surface area contributed by atoms with Gasteiger partial charge < -0.3 is 14.9 Å². The van der Waals surface area contributed by atoms with E-state index in [0.717, 1.165) is 45.3 Å². The summed E-state index contributed by atoms with van der Waals surface area (Å²) in [6, 6.07) is 0.418. The fourth-order valence-corrected chi connectivity index (χ4v) is 3.13. The lowest BCUT2D eigenvalue weighted by atomic mass is 9.85. The number of carboxylic acid groups (broad SMARTS) is 1. The molecule has 0 aromatic heterocycles. The zero-order valence-electron chi connectivity index (χ0n) is 11.7. The first-order chi connectivity index (χ1) is 9.13. The largest absolute Gasteiger partial charge is 0.481 e. The molecule has 0 spiro atoms. The fraction of sp³-hybridized carbons (Fsp3) is 0.857. The maximum Gasteiger partial charge on any atom is 0.320 e. The van der Waals surface area contributed by atoms with Crippen molar-refractivity contribution in [2.24, 2.45) is 5.92 Å². The summed E-state index contributed by atoms with van der Waals surface area (Å²) in [5.74, 6) is -0.888. The molecule has 0 aromatic rings. The van der Waals surface area contributed by atoms with Gasteiger partial charge in [0, 0.05) is 25.7 Å². The smallest absolute Gasteiger partial charge is 0.320 e. The number of hydrogen-bond donors (Lipinski definition) is 1. The lowest BCUT2D eigenvalue weighted by molar-refractivity contribution is -0.143. The minimum Gasteiger partial charge on any atom is -0.481 e. The van der Waals surface area contributed by atoms with Crippen LogP contribution in [0.25, 0.3) is 0 Å². The summed E-state index contributed by atoms with van der Waals surface area (Å²) < 4.78 is 0. The minimum absolute atomic E-state index is 0.159. The fourth-order valence-electron chi connectivity index (χ4n) is 3.13. The molecular weight excluding hydrogens is 244 g/mol. The molecule has 0 bridgehead atoms. The van der Waals surface area contributed by atoms with Crippen LogP contribution >= 0.6 is 0 Å². The summed E-state index contributed by atoms with van der Waals surface area (Å²) >= 11 is 0. The first kappa shape index (κ1) is 14.2. The Morgan fingerprint density at radius 1 is 1.26 bits per heavy atom. The van der Waals surface area contributed by atoms with Gasteiger partial charge in [-0.2, -0.15) is 0 Å².